The maximum atomic E-state index is 6.41. The van der Waals surface area contributed by atoms with Gasteiger partial charge in [0.25, 0.3) is 0 Å². The van der Waals surface area contributed by atoms with E-state index >= 15 is 0 Å². The third kappa shape index (κ3) is 2.89. The number of para-hydroxylation sites is 1. The molecule has 1 aromatic heterocycles. The Balaban J connectivity index is 2.38. The lowest BCUT2D eigenvalue weighted by atomic mass is 9.84. The summed E-state index contributed by atoms with van der Waals surface area (Å²) in [7, 11) is 0. The van der Waals surface area contributed by atoms with Crippen molar-refractivity contribution in [3.8, 4) is 0 Å². The predicted molar refractivity (Wildman–Crippen MR) is 82.7 cm³/mol. The van der Waals surface area contributed by atoms with Gasteiger partial charge in [-0.3, -0.25) is 0 Å². The highest BCUT2D eigenvalue weighted by atomic mass is 16.5. The molecular weight excluding hydrogens is 250 g/mol. The minimum absolute atomic E-state index is 0.0382. The van der Waals surface area contributed by atoms with Gasteiger partial charge in [0.15, 0.2) is 0 Å². The van der Waals surface area contributed by atoms with Gasteiger partial charge in [-0.05, 0) is 30.9 Å². The van der Waals surface area contributed by atoms with E-state index in [2.05, 4.69) is 26.8 Å². The summed E-state index contributed by atoms with van der Waals surface area (Å²) >= 11 is 0. The van der Waals surface area contributed by atoms with E-state index in [1.165, 1.54) is 0 Å². The number of hydrogen-bond acceptors (Lipinski definition) is 3. The number of furan rings is 1. The first kappa shape index (κ1) is 15.1. The fourth-order valence-corrected chi connectivity index (χ4v) is 2.61. The molecule has 2 aromatic rings. The van der Waals surface area contributed by atoms with Crippen molar-refractivity contribution in [2.75, 3.05) is 6.61 Å². The quantitative estimate of drug-likeness (QED) is 0.910. The average molecular weight is 275 g/mol. The lowest BCUT2D eigenvalue weighted by Crippen LogP contribution is -2.39. The van der Waals surface area contributed by atoms with Crippen LogP contribution < -0.4 is 5.73 Å². The first-order valence-electron chi connectivity index (χ1n) is 7.21. The maximum Gasteiger partial charge on any atom is 0.137 e. The fraction of sp³-hybridized carbons (Fsp3) is 0.529. The van der Waals surface area contributed by atoms with Crippen LogP contribution in [0, 0.1) is 12.3 Å². The standard InChI is InChI=1S/C17H25NO2/c1-6-19-16(17(3,4)5)14(18)13-10-12-9-7-8-11(2)15(12)20-13/h7-10,14,16H,6,18H2,1-5H3. The number of rotatable bonds is 4. The maximum absolute atomic E-state index is 6.41. The average Bonchev–Trinajstić information content (AvgIpc) is 2.79. The van der Waals surface area contributed by atoms with Gasteiger partial charge < -0.3 is 14.9 Å². The van der Waals surface area contributed by atoms with Crippen LogP contribution in [-0.4, -0.2) is 12.7 Å². The van der Waals surface area contributed by atoms with Crippen LogP contribution in [-0.2, 0) is 4.74 Å². The van der Waals surface area contributed by atoms with E-state index in [1.54, 1.807) is 0 Å². The molecule has 0 aliphatic heterocycles. The Kier molecular flexibility index (Phi) is 4.21. The van der Waals surface area contributed by atoms with Crippen molar-refractivity contribution in [2.45, 2.75) is 46.8 Å². The van der Waals surface area contributed by atoms with Gasteiger partial charge in [-0.15, -0.1) is 0 Å². The van der Waals surface area contributed by atoms with Gasteiger partial charge in [-0.2, -0.15) is 0 Å². The molecule has 0 radical (unpaired) electrons. The third-order valence-corrected chi connectivity index (χ3v) is 3.61. The fourth-order valence-electron chi connectivity index (χ4n) is 2.61. The molecule has 0 spiro atoms. The molecule has 0 bridgehead atoms. The summed E-state index contributed by atoms with van der Waals surface area (Å²) < 4.78 is 11.8. The van der Waals surface area contributed by atoms with Crippen molar-refractivity contribution in [2.24, 2.45) is 11.1 Å². The summed E-state index contributed by atoms with van der Waals surface area (Å²) in [6.07, 6.45) is -0.0756. The molecule has 3 nitrogen and oxygen atoms in total. The van der Waals surface area contributed by atoms with E-state index in [0.29, 0.717) is 6.61 Å². The first-order chi connectivity index (χ1) is 9.34. The number of fused-ring (bicyclic) bond motifs is 1. The zero-order valence-corrected chi connectivity index (χ0v) is 13.1. The highest BCUT2D eigenvalue weighted by Gasteiger charge is 2.33. The smallest absolute Gasteiger partial charge is 0.137 e. The van der Waals surface area contributed by atoms with E-state index < -0.39 is 0 Å². The van der Waals surface area contributed by atoms with E-state index in [1.807, 2.05) is 32.0 Å². The number of nitrogens with two attached hydrogens (primary N) is 1. The largest absolute Gasteiger partial charge is 0.459 e. The van der Waals surface area contributed by atoms with Crippen LogP contribution in [0.4, 0.5) is 0 Å². The Bertz CT molecular complexity index is 580. The molecule has 0 fully saturated rings. The van der Waals surface area contributed by atoms with Gasteiger partial charge in [-0.1, -0.05) is 39.0 Å². The minimum Gasteiger partial charge on any atom is -0.459 e. The molecule has 0 aliphatic rings. The Morgan fingerprint density at radius 3 is 2.55 bits per heavy atom. The summed E-state index contributed by atoms with van der Waals surface area (Å²) in [5.74, 6) is 0.794. The Morgan fingerprint density at radius 2 is 2.00 bits per heavy atom. The molecule has 0 aliphatic carbocycles. The molecule has 20 heavy (non-hydrogen) atoms. The SMILES string of the molecule is CCOC(C(N)c1cc2cccc(C)c2o1)C(C)(C)C. The summed E-state index contributed by atoms with van der Waals surface area (Å²) in [5, 5.41) is 1.10. The van der Waals surface area contributed by atoms with Crippen molar-refractivity contribution in [1.82, 2.24) is 0 Å². The minimum atomic E-state index is -0.262. The van der Waals surface area contributed by atoms with Crippen LogP contribution in [0.15, 0.2) is 28.7 Å². The second kappa shape index (κ2) is 5.58. The molecule has 2 N–H and O–H groups in total. The molecule has 110 valence electrons. The number of benzene rings is 1. The summed E-state index contributed by atoms with van der Waals surface area (Å²) in [5.41, 5.74) is 8.42. The van der Waals surface area contributed by atoms with Crippen molar-refractivity contribution < 1.29 is 9.15 Å². The molecule has 0 saturated carbocycles. The summed E-state index contributed by atoms with van der Waals surface area (Å²) in [6.45, 7) is 11.1. The number of ether oxygens (including phenoxy) is 1. The second-order valence-corrected chi connectivity index (χ2v) is 6.41. The molecule has 2 unspecified atom stereocenters. The number of hydrogen-bond donors (Lipinski definition) is 1. The van der Waals surface area contributed by atoms with Gasteiger partial charge in [0.05, 0.1) is 12.1 Å². The number of aryl methyl sites for hydroxylation is 1. The van der Waals surface area contributed by atoms with Crippen LogP contribution in [0.1, 0.15) is 45.1 Å². The first-order valence-corrected chi connectivity index (χ1v) is 7.21. The van der Waals surface area contributed by atoms with Crippen molar-refractivity contribution in [3.63, 3.8) is 0 Å². The monoisotopic (exact) mass is 275 g/mol. The topological polar surface area (TPSA) is 48.4 Å². The van der Waals surface area contributed by atoms with Crippen LogP contribution in [0.5, 0.6) is 0 Å². The zero-order valence-electron chi connectivity index (χ0n) is 13.1. The second-order valence-electron chi connectivity index (χ2n) is 6.41. The summed E-state index contributed by atoms with van der Waals surface area (Å²) in [6, 6.07) is 7.90. The van der Waals surface area contributed by atoms with Crippen LogP contribution in [0.2, 0.25) is 0 Å². The highest BCUT2D eigenvalue weighted by molar-refractivity contribution is 5.81. The Labute approximate surface area is 121 Å². The van der Waals surface area contributed by atoms with E-state index in [-0.39, 0.29) is 17.6 Å². The van der Waals surface area contributed by atoms with Gasteiger partial charge in [0.2, 0.25) is 0 Å². The lowest BCUT2D eigenvalue weighted by Gasteiger charge is -2.33. The third-order valence-electron chi connectivity index (χ3n) is 3.61. The predicted octanol–water partition coefficient (Wildman–Crippen LogP) is 4.19. The van der Waals surface area contributed by atoms with Crippen molar-refractivity contribution in [3.05, 3.63) is 35.6 Å². The molecule has 2 atom stereocenters. The van der Waals surface area contributed by atoms with E-state index in [4.69, 9.17) is 14.9 Å². The van der Waals surface area contributed by atoms with Crippen molar-refractivity contribution >= 4 is 11.0 Å². The van der Waals surface area contributed by atoms with Crippen molar-refractivity contribution in [1.29, 1.82) is 0 Å². The highest BCUT2D eigenvalue weighted by Crippen LogP contribution is 2.34. The normalized spacial score (nSPS) is 15.5. The molecule has 3 heteroatoms. The Morgan fingerprint density at radius 1 is 1.30 bits per heavy atom. The van der Waals surface area contributed by atoms with Gasteiger partial charge in [-0.25, -0.2) is 0 Å². The molecule has 1 aromatic carbocycles. The van der Waals surface area contributed by atoms with E-state index in [0.717, 1.165) is 22.3 Å². The van der Waals surface area contributed by atoms with Crippen LogP contribution in [0.25, 0.3) is 11.0 Å². The van der Waals surface area contributed by atoms with Gasteiger partial charge in [0.1, 0.15) is 11.3 Å². The molecular formula is C17H25NO2. The van der Waals surface area contributed by atoms with Gasteiger partial charge in [0, 0.05) is 12.0 Å². The summed E-state index contributed by atoms with van der Waals surface area (Å²) in [4.78, 5) is 0. The Hall–Kier alpha value is -1.32. The molecule has 0 amide bonds. The molecule has 0 saturated heterocycles. The molecule has 2 rings (SSSR count). The van der Waals surface area contributed by atoms with Crippen LogP contribution in [0.3, 0.4) is 0 Å². The molecule has 1 heterocycles. The van der Waals surface area contributed by atoms with Gasteiger partial charge >= 0.3 is 0 Å². The van der Waals surface area contributed by atoms with Crippen LogP contribution >= 0.6 is 0 Å². The van der Waals surface area contributed by atoms with E-state index in [9.17, 15) is 0 Å². The lowest BCUT2D eigenvalue weighted by molar-refractivity contribution is -0.0319. The zero-order chi connectivity index (χ0) is 14.9.